The van der Waals surface area contributed by atoms with Crippen LogP contribution in [0.2, 0.25) is 0 Å². The highest BCUT2D eigenvalue weighted by atomic mass is 32.2. The van der Waals surface area contributed by atoms with Gasteiger partial charge in [-0.2, -0.15) is 0 Å². The summed E-state index contributed by atoms with van der Waals surface area (Å²) < 4.78 is 10.3. The summed E-state index contributed by atoms with van der Waals surface area (Å²) in [6, 6.07) is 7.94. The van der Waals surface area contributed by atoms with Crippen molar-refractivity contribution in [2.75, 3.05) is 6.54 Å². The number of hydrogen-bond donors (Lipinski definition) is 3. The second kappa shape index (κ2) is 5.66. The van der Waals surface area contributed by atoms with E-state index in [1.54, 1.807) is 11.7 Å². The third-order valence-electron chi connectivity index (χ3n) is 1.94. The third kappa shape index (κ3) is 3.07. The SMILES string of the molecule is [O-][S+]1C=CCNN1.c1ccc2[nH]cnc2c1. The Balaban J connectivity index is 0.000000125. The first-order valence-corrected chi connectivity index (χ1v) is 6.01. The normalized spacial score (nSPS) is 19.2. The first kappa shape index (κ1) is 11.2. The van der Waals surface area contributed by atoms with Crippen LogP contribution in [0.4, 0.5) is 0 Å². The summed E-state index contributed by atoms with van der Waals surface area (Å²) in [6.45, 7) is 0.756. The predicted molar refractivity (Wildman–Crippen MR) is 64.5 cm³/mol. The molecule has 0 fully saturated rings. The Kier molecular flexibility index (Phi) is 3.95. The van der Waals surface area contributed by atoms with Gasteiger partial charge >= 0.3 is 0 Å². The zero-order chi connectivity index (χ0) is 11.2. The van der Waals surface area contributed by atoms with Crippen molar-refractivity contribution in [2.45, 2.75) is 0 Å². The maximum atomic E-state index is 10.3. The van der Waals surface area contributed by atoms with Crippen LogP contribution in [0.5, 0.6) is 0 Å². The quantitative estimate of drug-likeness (QED) is 0.592. The van der Waals surface area contributed by atoms with Gasteiger partial charge in [-0.3, -0.25) is 0 Å². The molecule has 1 unspecified atom stereocenters. The van der Waals surface area contributed by atoms with Crippen LogP contribution in [0, 0.1) is 0 Å². The Hall–Kier alpha value is -1.34. The molecule has 0 bridgehead atoms. The number of imidazole rings is 1. The van der Waals surface area contributed by atoms with Crippen LogP contribution in [0.25, 0.3) is 11.0 Å². The molecule has 0 aliphatic carbocycles. The van der Waals surface area contributed by atoms with Gasteiger partial charge in [-0.15, -0.1) is 0 Å². The largest absolute Gasteiger partial charge is 0.592 e. The van der Waals surface area contributed by atoms with E-state index in [2.05, 4.69) is 20.2 Å². The molecule has 1 aliphatic rings. The topological polar surface area (TPSA) is 75.8 Å². The number of nitrogens with one attached hydrogen (secondary N) is 3. The number of nitrogens with zero attached hydrogens (tertiary/aromatic N) is 1. The monoisotopic (exact) mass is 236 g/mol. The molecule has 2 aromatic rings. The van der Waals surface area contributed by atoms with Crippen LogP contribution >= 0.6 is 0 Å². The Bertz CT molecular complexity index is 440. The summed E-state index contributed by atoms with van der Waals surface area (Å²) in [5.41, 5.74) is 4.82. The molecule has 0 radical (unpaired) electrons. The van der Waals surface area contributed by atoms with E-state index in [0.717, 1.165) is 17.6 Å². The van der Waals surface area contributed by atoms with Crippen LogP contribution < -0.4 is 10.3 Å². The van der Waals surface area contributed by atoms with Crippen molar-refractivity contribution in [3.63, 3.8) is 0 Å². The van der Waals surface area contributed by atoms with Crippen LogP contribution in [-0.2, 0) is 11.4 Å². The van der Waals surface area contributed by atoms with Crippen molar-refractivity contribution >= 4 is 22.4 Å². The Morgan fingerprint density at radius 1 is 1.31 bits per heavy atom. The van der Waals surface area contributed by atoms with E-state index in [1.165, 1.54) is 0 Å². The van der Waals surface area contributed by atoms with Gasteiger partial charge in [0.15, 0.2) is 0 Å². The van der Waals surface area contributed by atoms with E-state index >= 15 is 0 Å². The molecule has 1 aromatic carbocycles. The molecule has 1 aliphatic heterocycles. The number of para-hydroxylation sites is 2. The van der Waals surface area contributed by atoms with Crippen LogP contribution in [0.1, 0.15) is 0 Å². The fraction of sp³-hybridized carbons (Fsp3) is 0.100. The smallest absolute Gasteiger partial charge is 0.137 e. The van der Waals surface area contributed by atoms with Crippen molar-refractivity contribution in [3.8, 4) is 0 Å². The molecule has 5 nitrogen and oxygen atoms in total. The Morgan fingerprint density at radius 2 is 2.19 bits per heavy atom. The average Bonchev–Trinajstić information content (AvgIpc) is 2.79. The molecule has 3 rings (SSSR count). The maximum absolute atomic E-state index is 10.3. The maximum Gasteiger partial charge on any atom is 0.137 e. The number of benzene rings is 1. The van der Waals surface area contributed by atoms with Gasteiger partial charge < -0.3 is 9.54 Å². The minimum absolute atomic E-state index is 0.756. The zero-order valence-electron chi connectivity index (χ0n) is 8.51. The standard InChI is InChI=1S/C7H6N2.C3H6N2OS/c1-2-4-7-6(3-1)8-5-9-7;6-7-3-1-2-4-5-7/h1-5H,(H,8,9);1,3-5H,2H2. The first-order chi connectivity index (χ1) is 7.86. The van der Waals surface area contributed by atoms with Gasteiger partial charge in [-0.05, 0) is 18.2 Å². The highest BCUT2D eigenvalue weighted by Crippen LogP contribution is 2.05. The second-order valence-corrected chi connectivity index (χ2v) is 4.14. The van der Waals surface area contributed by atoms with Gasteiger partial charge in [0.1, 0.15) is 5.41 Å². The minimum atomic E-state index is -0.982. The highest BCUT2D eigenvalue weighted by molar-refractivity contribution is 7.92. The van der Waals surface area contributed by atoms with Gasteiger partial charge in [-0.25, -0.2) is 10.4 Å². The fourth-order valence-corrected chi connectivity index (χ4v) is 1.79. The van der Waals surface area contributed by atoms with Gasteiger partial charge in [-0.1, -0.05) is 17.0 Å². The number of fused-ring (bicyclic) bond motifs is 1. The Morgan fingerprint density at radius 3 is 2.81 bits per heavy atom. The summed E-state index contributed by atoms with van der Waals surface area (Å²) in [5.74, 6) is 0. The fourth-order valence-electron chi connectivity index (χ4n) is 1.22. The summed E-state index contributed by atoms with van der Waals surface area (Å²) in [5, 5.41) is 1.61. The lowest BCUT2D eigenvalue weighted by Gasteiger charge is -2.09. The summed E-state index contributed by atoms with van der Waals surface area (Å²) in [6.07, 6.45) is 3.51. The van der Waals surface area contributed by atoms with Crippen LogP contribution in [0.3, 0.4) is 0 Å². The van der Waals surface area contributed by atoms with Crippen LogP contribution in [-0.4, -0.2) is 21.1 Å². The van der Waals surface area contributed by atoms with Crippen molar-refractivity contribution in [1.82, 2.24) is 20.2 Å². The highest BCUT2D eigenvalue weighted by Gasteiger charge is 2.01. The molecule has 84 valence electrons. The summed E-state index contributed by atoms with van der Waals surface area (Å²) in [7, 11) is 0. The molecule has 0 saturated carbocycles. The molecular weight excluding hydrogens is 224 g/mol. The second-order valence-electron chi connectivity index (χ2n) is 3.07. The lowest BCUT2D eigenvalue weighted by molar-refractivity contribution is 0.568. The van der Waals surface area contributed by atoms with Crippen LogP contribution in [0.15, 0.2) is 42.1 Å². The Labute approximate surface area is 96.2 Å². The van der Waals surface area contributed by atoms with Crippen molar-refractivity contribution < 1.29 is 4.55 Å². The molecule has 16 heavy (non-hydrogen) atoms. The minimum Gasteiger partial charge on any atom is -0.592 e. The lowest BCUT2D eigenvalue weighted by atomic mass is 10.3. The van der Waals surface area contributed by atoms with E-state index in [1.807, 2.05) is 30.3 Å². The van der Waals surface area contributed by atoms with Crippen molar-refractivity contribution in [1.29, 1.82) is 0 Å². The average molecular weight is 236 g/mol. The van der Waals surface area contributed by atoms with Gasteiger partial charge in [0.2, 0.25) is 0 Å². The predicted octanol–water partition coefficient (Wildman–Crippen LogP) is 0.834. The molecule has 0 amide bonds. The summed E-state index contributed by atoms with van der Waals surface area (Å²) in [4.78, 5) is 9.59. The molecular formula is C10H12N4OS. The number of hydrazine groups is 1. The number of aromatic nitrogens is 2. The van der Waals surface area contributed by atoms with E-state index in [4.69, 9.17) is 0 Å². The van der Waals surface area contributed by atoms with Gasteiger partial charge in [0, 0.05) is 6.54 Å². The van der Waals surface area contributed by atoms with E-state index in [9.17, 15) is 4.55 Å². The van der Waals surface area contributed by atoms with E-state index < -0.39 is 11.4 Å². The molecule has 3 N–H and O–H groups in total. The number of hydrogen-bond acceptors (Lipinski definition) is 4. The van der Waals surface area contributed by atoms with Crippen molar-refractivity contribution in [2.24, 2.45) is 0 Å². The number of rotatable bonds is 0. The molecule has 0 spiro atoms. The molecule has 6 heteroatoms. The zero-order valence-corrected chi connectivity index (χ0v) is 9.33. The molecule has 1 aromatic heterocycles. The first-order valence-electron chi connectivity index (χ1n) is 4.80. The summed E-state index contributed by atoms with van der Waals surface area (Å²) >= 11 is -0.982. The number of aromatic amines is 1. The third-order valence-corrected chi connectivity index (χ3v) is 2.73. The van der Waals surface area contributed by atoms with Gasteiger partial charge in [0.05, 0.1) is 28.7 Å². The van der Waals surface area contributed by atoms with E-state index in [-0.39, 0.29) is 0 Å². The number of H-pyrrole nitrogens is 1. The molecule has 0 saturated heterocycles. The van der Waals surface area contributed by atoms with E-state index in [0.29, 0.717) is 0 Å². The molecule has 1 atom stereocenters. The lowest BCUT2D eigenvalue weighted by Crippen LogP contribution is -2.38. The van der Waals surface area contributed by atoms with Gasteiger partial charge in [0.25, 0.3) is 0 Å². The molecule has 2 heterocycles. The van der Waals surface area contributed by atoms with Crippen molar-refractivity contribution in [3.05, 3.63) is 42.1 Å².